The predicted molar refractivity (Wildman–Crippen MR) is 129 cm³/mol. The molecule has 0 fully saturated rings. The Morgan fingerprint density at radius 2 is 1.58 bits per heavy atom. The monoisotopic (exact) mass is 459 g/mol. The minimum absolute atomic E-state index is 0.215. The number of hydrogen-bond donors (Lipinski definition) is 1. The van der Waals surface area contributed by atoms with Gasteiger partial charge in [0, 0.05) is 17.5 Å². The van der Waals surface area contributed by atoms with Crippen molar-refractivity contribution in [2.45, 2.75) is 13.0 Å². The molecular weight excluding hydrogens is 438 g/mol. The third-order valence-electron chi connectivity index (χ3n) is 5.09. The van der Waals surface area contributed by atoms with Crippen LogP contribution in [0.1, 0.15) is 24.1 Å². The van der Waals surface area contributed by atoms with Crippen molar-refractivity contribution in [2.24, 2.45) is 0 Å². The Labute approximate surface area is 196 Å². The van der Waals surface area contributed by atoms with E-state index in [9.17, 15) is 9.59 Å². The number of halogens is 1. The lowest BCUT2D eigenvalue weighted by Crippen LogP contribution is -2.28. The Morgan fingerprint density at radius 1 is 0.879 bits per heavy atom. The zero-order valence-corrected chi connectivity index (χ0v) is 18.7. The topological polar surface area (TPSA) is 64.6 Å². The minimum atomic E-state index is -0.552. The molecule has 0 heterocycles. The van der Waals surface area contributed by atoms with Gasteiger partial charge < -0.3 is 14.8 Å². The van der Waals surface area contributed by atoms with Crippen LogP contribution in [0.2, 0.25) is 5.02 Å². The summed E-state index contributed by atoms with van der Waals surface area (Å²) in [5, 5.41) is 5.39. The summed E-state index contributed by atoms with van der Waals surface area (Å²) in [5.74, 6) is 0.162. The van der Waals surface area contributed by atoms with Gasteiger partial charge >= 0.3 is 5.97 Å². The van der Waals surface area contributed by atoms with Crippen molar-refractivity contribution in [1.29, 1.82) is 0 Å². The Kier molecular flexibility index (Phi) is 6.91. The van der Waals surface area contributed by atoms with Crippen LogP contribution in [0, 0.1) is 0 Å². The van der Waals surface area contributed by atoms with Crippen LogP contribution in [0.3, 0.4) is 0 Å². The largest absolute Gasteiger partial charge is 0.482 e. The van der Waals surface area contributed by atoms with Gasteiger partial charge in [-0.3, -0.25) is 4.79 Å². The molecule has 0 radical (unpaired) electrons. The number of rotatable bonds is 7. The molecule has 0 saturated carbocycles. The molecular formula is C27H22ClNO4. The van der Waals surface area contributed by atoms with E-state index < -0.39 is 12.0 Å². The molecule has 0 aliphatic rings. The molecule has 5 nitrogen and oxygen atoms in total. The Bertz CT molecular complexity index is 1270. The lowest BCUT2D eigenvalue weighted by atomic mass is 9.92. The molecule has 0 bridgehead atoms. The molecule has 0 spiro atoms. The molecule has 1 amide bonds. The van der Waals surface area contributed by atoms with Crippen molar-refractivity contribution in [3.8, 4) is 11.5 Å². The quantitative estimate of drug-likeness (QED) is 0.284. The van der Waals surface area contributed by atoms with Crippen LogP contribution in [0.5, 0.6) is 11.5 Å². The fourth-order valence-corrected chi connectivity index (χ4v) is 3.78. The van der Waals surface area contributed by atoms with Gasteiger partial charge in [-0.2, -0.15) is 0 Å². The van der Waals surface area contributed by atoms with E-state index in [-0.39, 0.29) is 12.5 Å². The molecule has 1 N–H and O–H groups in total. The van der Waals surface area contributed by atoms with Crippen LogP contribution in [-0.4, -0.2) is 18.5 Å². The Hall–Kier alpha value is -3.83. The van der Waals surface area contributed by atoms with Crippen LogP contribution < -0.4 is 14.8 Å². The summed E-state index contributed by atoms with van der Waals surface area (Å²) in [6, 6.07) is 27.1. The van der Waals surface area contributed by atoms with Crippen LogP contribution in [0.25, 0.3) is 10.8 Å². The molecule has 0 aliphatic carbocycles. The SMILES string of the molecule is CC(=O)N[C@@H](c1ccc(Cl)cc1)c1c(OC(=O)COc2ccccc2)ccc2ccccc12. The highest BCUT2D eigenvalue weighted by Gasteiger charge is 2.24. The summed E-state index contributed by atoms with van der Waals surface area (Å²) in [5.41, 5.74) is 1.49. The van der Waals surface area contributed by atoms with Gasteiger partial charge in [0.1, 0.15) is 11.5 Å². The van der Waals surface area contributed by atoms with Crippen LogP contribution >= 0.6 is 11.6 Å². The molecule has 0 saturated heterocycles. The van der Waals surface area contributed by atoms with Gasteiger partial charge in [0.2, 0.25) is 5.91 Å². The van der Waals surface area contributed by atoms with Gasteiger partial charge in [-0.15, -0.1) is 0 Å². The maximum absolute atomic E-state index is 12.6. The number of ether oxygens (including phenoxy) is 2. The third-order valence-corrected chi connectivity index (χ3v) is 5.35. The number of fused-ring (bicyclic) bond motifs is 1. The normalized spacial score (nSPS) is 11.6. The van der Waals surface area contributed by atoms with E-state index in [1.807, 2.05) is 60.7 Å². The number of benzene rings is 4. The molecule has 1 atom stereocenters. The number of amides is 1. The first-order chi connectivity index (χ1) is 16.0. The lowest BCUT2D eigenvalue weighted by Gasteiger charge is -2.23. The number of nitrogens with one attached hydrogen (secondary N) is 1. The summed E-state index contributed by atoms with van der Waals surface area (Å²) in [6.45, 7) is 1.20. The summed E-state index contributed by atoms with van der Waals surface area (Å²) < 4.78 is 11.3. The van der Waals surface area contributed by atoms with Gasteiger partial charge in [-0.05, 0) is 46.7 Å². The molecule has 0 unspecified atom stereocenters. The van der Waals surface area contributed by atoms with E-state index >= 15 is 0 Å². The summed E-state index contributed by atoms with van der Waals surface area (Å²) in [6.07, 6.45) is 0. The minimum Gasteiger partial charge on any atom is -0.482 e. The maximum atomic E-state index is 12.6. The molecule has 4 aromatic carbocycles. The van der Waals surface area contributed by atoms with Crippen LogP contribution in [0.4, 0.5) is 0 Å². The van der Waals surface area contributed by atoms with Crippen molar-refractivity contribution in [2.75, 3.05) is 6.61 Å². The van der Waals surface area contributed by atoms with Crippen LogP contribution in [-0.2, 0) is 9.59 Å². The number of esters is 1. The average Bonchev–Trinajstić information content (AvgIpc) is 2.82. The standard InChI is InChI=1S/C27H22ClNO4/c1-18(30)29-27(20-11-14-21(28)15-12-20)26-23-10-6-5-7-19(23)13-16-24(26)33-25(31)17-32-22-8-3-2-4-9-22/h2-16,27H,17H2,1H3,(H,29,30)/t27-/m0/s1. The second kappa shape index (κ2) is 10.2. The molecule has 33 heavy (non-hydrogen) atoms. The van der Waals surface area contributed by atoms with E-state index in [2.05, 4.69) is 5.32 Å². The van der Waals surface area contributed by atoms with E-state index in [0.717, 1.165) is 16.3 Å². The van der Waals surface area contributed by atoms with Gasteiger partial charge in [-0.25, -0.2) is 4.79 Å². The lowest BCUT2D eigenvalue weighted by molar-refractivity contribution is -0.136. The third kappa shape index (κ3) is 5.51. The average molecular weight is 460 g/mol. The Morgan fingerprint density at radius 3 is 2.30 bits per heavy atom. The van der Waals surface area contributed by atoms with Crippen molar-refractivity contribution in [3.05, 3.63) is 107 Å². The highest BCUT2D eigenvalue weighted by atomic mass is 35.5. The second-order valence-electron chi connectivity index (χ2n) is 7.46. The molecule has 0 aromatic heterocycles. The number of para-hydroxylation sites is 1. The molecule has 166 valence electrons. The number of carbonyl (C=O) groups is 2. The summed E-state index contributed by atoms with van der Waals surface area (Å²) >= 11 is 6.08. The molecule has 0 aliphatic heterocycles. The smallest absolute Gasteiger partial charge is 0.349 e. The first kappa shape index (κ1) is 22.4. The van der Waals surface area contributed by atoms with Crippen molar-refractivity contribution < 1.29 is 19.1 Å². The predicted octanol–water partition coefficient (Wildman–Crippen LogP) is 5.70. The van der Waals surface area contributed by atoms with E-state index in [1.54, 1.807) is 30.3 Å². The highest BCUT2D eigenvalue weighted by molar-refractivity contribution is 6.30. The van der Waals surface area contributed by atoms with Gasteiger partial charge in [0.15, 0.2) is 6.61 Å². The second-order valence-corrected chi connectivity index (χ2v) is 7.90. The number of hydrogen-bond acceptors (Lipinski definition) is 4. The first-order valence-corrected chi connectivity index (χ1v) is 10.8. The van der Waals surface area contributed by atoms with Gasteiger partial charge in [-0.1, -0.05) is 72.3 Å². The van der Waals surface area contributed by atoms with E-state index in [4.69, 9.17) is 21.1 Å². The first-order valence-electron chi connectivity index (χ1n) is 10.4. The van der Waals surface area contributed by atoms with Crippen molar-refractivity contribution >= 4 is 34.2 Å². The maximum Gasteiger partial charge on any atom is 0.349 e. The molecule has 6 heteroatoms. The van der Waals surface area contributed by atoms with Crippen molar-refractivity contribution in [3.63, 3.8) is 0 Å². The summed E-state index contributed by atoms with van der Waals surface area (Å²) in [4.78, 5) is 24.8. The molecule has 4 rings (SSSR count). The van der Waals surface area contributed by atoms with Gasteiger partial charge in [0.05, 0.1) is 6.04 Å². The highest BCUT2D eigenvalue weighted by Crippen LogP contribution is 2.37. The zero-order valence-electron chi connectivity index (χ0n) is 18.0. The Balaban J connectivity index is 1.72. The van der Waals surface area contributed by atoms with Gasteiger partial charge in [0.25, 0.3) is 0 Å². The molecule has 4 aromatic rings. The number of carbonyl (C=O) groups excluding carboxylic acids is 2. The zero-order chi connectivity index (χ0) is 23.2. The van der Waals surface area contributed by atoms with Crippen molar-refractivity contribution in [1.82, 2.24) is 5.32 Å². The van der Waals surface area contributed by atoms with E-state index in [0.29, 0.717) is 22.1 Å². The fourth-order valence-electron chi connectivity index (χ4n) is 3.65. The van der Waals surface area contributed by atoms with E-state index in [1.165, 1.54) is 6.92 Å². The summed E-state index contributed by atoms with van der Waals surface area (Å²) in [7, 11) is 0. The fraction of sp³-hybridized carbons (Fsp3) is 0.111. The van der Waals surface area contributed by atoms with Crippen LogP contribution in [0.15, 0.2) is 91.0 Å².